The third-order valence-electron chi connectivity index (χ3n) is 2.68. The van der Waals surface area contributed by atoms with Crippen LogP contribution in [0.15, 0.2) is 0 Å². The third kappa shape index (κ3) is 2.68. The van der Waals surface area contributed by atoms with Gasteiger partial charge in [0.05, 0.1) is 26.1 Å². The van der Waals surface area contributed by atoms with Gasteiger partial charge in [-0.2, -0.15) is 13.2 Å². The Labute approximate surface area is 95.2 Å². The fraction of sp³-hybridized carbons (Fsp3) is 0.778. The normalized spacial score (nSPS) is 28.9. The molecule has 0 aromatic rings. The molecule has 1 saturated heterocycles. The smallest absolute Gasteiger partial charge is 0.404 e. The van der Waals surface area contributed by atoms with Gasteiger partial charge >= 0.3 is 18.1 Å². The SMILES string of the molecule is COC(=O)[C@@H]1[C@H](C(=O)OC)CN[C@@H]1C(F)(F)F. The highest BCUT2D eigenvalue weighted by atomic mass is 19.4. The molecule has 1 rings (SSSR count). The molecule has 0 bridgehead atoms. The summed E-state index contributed by atoms with van der Waals surface area (Å²) < 4.78 is 46.5. The topological polar surface area (TPSA) is 64.6 Å². The number of esters is 2. The molecular formula is C9H12F3NO4. The van der Waals surface area contributed by atoms with E-state index < -0.39 is 36.0 Å². The van der Waals surface area contributed by atoms with Gasteiger partial charge in [-0.15, -0.1) is 0 Å². The van der Waals surface area contributed by atoms with Crippen molar-refractivity contribution in [3.8, 4) is 0 Å². The molecule has 0 radical (unpaired) electrons. The summed E-state index contributed by atoms with van der Waals surface area (Å²) in [6.45, 7) is -0.267. The molecule has 0 aliphatic carbocycles. The number of carbonyl (C=O) groups is 2. The quantitative estimate of drug-likeness (QED) is 0.709. The molecule has 1 aliphatic rings. The largest absolute Gasteiger partial charge is 0.469 e. The van der Waals surface area contributed by atoms with Crippen LogP contribution in [0.4, 0.5) is 13.2 Å². The molecule has 98 valence electrons. The Morgan fingerprint density at radius 1 is 1.18 bits per heavy atom. The van der Waals surface area contributed by atoms with Crippen molar-refractivity contribution >= 4 is 11.9 Å². The van der Waals surface area contributed by atoms with Gasteiger partial charge in [0, 0.05) is 6.54 Å². The number of carbonyl (C=O) groups excluding carboxylic acids is 2. The second-order valence-electron chi connectivity index (χ2n) is 3.61. The predicted molar refractivity (Wildman–Crippen MR) is 48.9 cm³/mol. The minimum Gasteiger partial charge on any atom is -0.469 e. The Hall–Kier alpha value is -1.31. The number of rotatable bonds is 2. The maximum absolute atomic E-state index is 12.6. The Kier molecular flexibility index (Phi) is 3.97. The second-order valence-corrected chi connectivity index (χ2v) is 3.61. The number of nitrogens with one attached hydrogen (secondary N) is 1. The standard InChI is InChI=1S/C9H12F3NO4/c1-16-7(14)4-3-13-6(9(10,11)12)5(4)8(15)17-2/h4-6,13H,3H2,1-2H3/t4-,5-,6+/m1/s1. The van der Waals surface area contributed by atoms with E-state index >= 15 is 0 Å². The minimum atomic E-state index is -4.62. The fourth-order valence-corrected chi connectivity index (χ4v) is 1.88. The van der Waals surface area contributed by atoms with Gasteiger partial charge in [0.15, 0.2) is 0 Å². The highest BCUT2D eigenvalue weighted by Crippen LogP contribution is 2.35. The predicted octanol–water partition coefficient (Wildman–Crippen LogP) is 0.0989. The first-order valence-corrected chi connectivity index (χ1v) is 4.78. The first kappa shape index (κ1) is 13.8. The summed E-state index contributed by atoms with van der Waals surface area (Å²) in [5.74, 6) is -4.72. The van der Waals surface area contributed by atoms with Crippen LogP contribution in [0.2, 0.25) is 0 Å². The molecule has 1 fully saturated rings. The summed E-state index contributed by atoms with van der Waals surface area (Å²) in [7, 11) is 2.03. The molecule has 0 aromatic heterocycles. The van der Waals surface area contributed by atoms with Crippen LogP contribution >= 0.6 is 0 Å². The van der Waals surface area contributed by atoms with Crippen LogP contribution < -0.4 is 5.32 Å². The van der Waals surface area contributed by atoms with E-state index in [0.29, 0.717) is 0 Å². The van der Waals surface area contributed by atoms with Gasteiger partial charge in [-0.3, -0.25) is 9.59 Å². The molecule has 17 heavy (non-hydrogen) atoms. The van der Waals surface area contributed by atoms with Crippen molar-refractivity contribution < 1.29 is 32.2 Å². The Morgan fingerprint density at radius 3 is 2.12 bits per heavy atom. The van der Waals surface area contributed by atoms with Crippen LogP contribution in [-0.2, 0) is 19.1 Å². The summed E-state index contributed by atoms with van der Waals surface area (Å²) in [5.41, 5.74) is 0. The summed E-state index contributed by atoms with van der Waals surface area (Å²) >= 11 is 0. The second kappa shape index (κ2) is 4.91. The van der Waals surface area contributed by atoms with Crippen LogP contribution in [0, 0.1) is 11.8 Å². The lowest BCUT2D eigenvalue weighted by Crippen LogP contribution is -2.45. The van der Waals surface area contributed by atoms with Crippen molar-refractivity contribution in [2.75, 3.05) is 20.8 Å². The van der Waals surface area contributed by atoms with Crippen molar-refractivity contribution in [1.29, 1.82) is 0 Å². The Morgan fingerprint density at radius 2 is 1.71 bits per heavy atom. The summed E-state index contributed by atoms with van der Waals surface area (Å²) in [4.78, 5) is 22.6. The zero-order chi connectivity index (χ0) is 13.2. The number of ether oxygens (including phenoxy) is 2. The third-order valence-corrected chi connectivity index (χ3v) is 2.68. The number of methoxy groups -OCH3 is 2. The molecule has 0 spiro atoms. The molecule has 1 N–H and O–H groups in total. The van der Waals surface area contributed by atoms with Crippen molar-refractivity contribution in [2.45, 2.75) is 12.2 Å². The maximum atomic E-state index is 12.6. The Balaban J connectivity index is 2.97. The lowest BCUT2D eigenvalue weighted by molar-refractivity contribution is -0.179. The molecule has 0 aromatic carbocycles. The van der Waals surface area contributed by atoms with Crippen LogP contribution in [0.3, 0.4) is 0 Å². The van der Waals surface area contributed by atoms with Crippen LogP contribution in [0.1, 0.15) is 0 Å². The average molecular weight is 255 g/mol. The molecule has 0 amide bonds. The number of hydrogen-bond donors (Lipinski definition) is 1. The fourth-order valence-electron chi connectivity index (χ4n) is 1.88. The lowest BCUT2D eigenvalue weighted by Gasteiger charge is -2.22. The van der Waals surface area contributed by atoms with Crippen molar-refractivity contribution in [2.24, 2.45) is 11.8 Å². The first-order chi connectivity index (χ1) is 7.82. The zero-order valence-electron chi connectivity index (χ0n) is 9.21. The van der Waals surface area contributed by atoms with Crippen molar-refractivity contribution in [3.05, 3.63) is 0 Å². The molecule has 3 atom stereocenters. The van der Waals surface area contributed by atoms with Gasteiger partial charge in [-0.25, -0.2) is 0 Å². The summed E-state index contributed by atoms with van der Waals surface area (Å²) in [6, 6.07) is -2.08. The van der Waals surface area contributed by atoms with Crippen molar-refractivity contribution in [1.82, 2.24) is 5.32 Å². The van der Waals surface area contributed by atoms with E-state index in [2.05, 4.69) is 14.8 Å². The average Bonchev–Trinajstić information content (AvgIpc) is 2.70. The van der Waals surface area contributed by atoms with Gasteiger partial charge in [0.1, 0.15) is 6.04 Å². The molecule has 0 saturated carbocycles. The van der Waals surface area contributed by atoms with Crippen LogP contribution in [0.5, 0.6) is 0 Å². The van der Waals surface area contributed by atoms with E-state index in [9.17, 15) is 22.8 Å². The minimum absolute atomic E-state index is 0.267. The van der Waals surface area contributed by atoms with Crippen molar-refractivity contribution in [3.63, 3.8) is 0 Å². The lowest BCUT2D eigenvalue weighted by atomic mass is 9.90. The first-order valence-electron chi connectivity index (χ1n) is 4.78. The van der Waals surface area contributed by atoms with E-state index in [-0.39, 0.29) is 6.54 Å². The van der Waals surface area contributed by atoms with Gasteiger partial charge in [-0.1, -0.05) is 0 Å². The zero-order valence-corrected chi connectivity index (χ0v) is 9.21. The number of hydrogen-bond acceptors (Lipinski definition) is 5. The highest BCUT2D eigenvalue weighted by Gasteiger charge is 2.56. The van der Waals surface area contributed by atoms with Gasteiger partial charge in [-0.05, 0) is 0 Å². The molecule has 8 heteroatoms. The van der Waals surface area contributed by atoms with E-state index in [4.69, 9.17) is 0 Å². The van der Waals surface area contributed by atoms with Crippen LogP contribution in [-0.4, -0.2) is 44.9 Å². The number of alkyl halides is 3. The Bertz CT molecular complexity index is 318. The van der Waals surface area contributed by atoms with Crippen LogP contribution in [0.25, 0.3) is 0 Å². The molecule has 5 nitrogen and oxygen atoms in total. The van der Waals surface area contributed by atoms with Gasteiger partial charge < -0.3 is 14.8 Å². The molecule has 0 unspecified atom stereocenters. The van der Waals surface area contributed by atoms with E-state index in [0.717, 1.165) is 14.2 Å². The molecule has 1 heterocycles. The van der Waals surface area contributed by atoms with E-state index in [1.165, 1.54) is 0 Å². The summed E-state index contributed by atoms with van der Waals surface area (Å²) in [6.07, 6.45) is -4.62. The highest BCUT2D eigenvalue weighted by molar-refractivity contribution is 5.83. The number of halogens is 3. The monoisotopic (exact) mass is 255 g/mol. The molecule has 1 aliphatic heterocycles. The molecular weight excluding hydrogens is 243 g/mol. The van der Waals surface area contributed by atoms with E-state index in [1.54, 1.807) is 0 Å². The van der Waals surface area contributed by atoms with E-state index in [1.807, 2.05) is 0 Å². The van der Waals surface area contributed by atoms with Gasteiger partial charge in [0.25, 0.3) is 0 Å². The van der Waals surface area contributed by atoms with Gasteiger partial charge in [0.2, 0.25) is 0 Å². The summed E-state index contributed by atoms with van der Waals surface area (Å²) in [5, 5.41) is 2.10. The maximum Gasteiger partial charge on any atom is 0.404 e.